The summed E-state index contributed by atoms with van der Waals surface area (Å²) in [6.07, 6.45) is 0. The number of anilines is 1. The van der Waals surface area contributed by atoms with Gasteiger partial charge in [-0.2, -0.15) is 0 Å². The average Bonchev–Trinajstić information content (AvgIpc) is 3.31. The highest BCUT2D eigenvalue weighted by Crippen LogP contribution is 2.54. The molecule has 186 valence electrons. The second kappa shape index (κ2) is 9.55. The number of esters is 1. The van der Waals surface area contributed by atoms with Crippen LogP contribution >= 0.6 is 23.1 Å². The molecule has 2 aliphatic rings. The van der Waals surface area contributed by atoms with Gasteiger partial charge in [-0.3, -0.25) is 23.7 Å². The lowest BCUT2D eigenvalue weighted by atomic mass is 9.83. The summed E-state index contributed by atoms with van der Waals surface area (Å²) < 4.78 is 25.1. The summed E-state index contributed by atoms with van der Waals surface area (Å²) in [7, 11) is 1.54. The van der Waals surface area contributed by atoms with Crippen molar-refractivity contribution in [3.63, 3.8) is 0 Å². The van der Waals surface area contributed by atoms with Crippen LogP contribution in [0.2, 0.25) is 0 Å². The molecule has 2 aliphatic heterocycles. The van der Waals surface area contributed by atoms with Crippen LogP contribution in [-0.2, 0) is 25.7 Å². The number of rotatable bonds is 6. The van der Waals surface area contributed by atoms with Crippen LogP contribution in [0.1, 0.15) is 23.3 Å². The minimum absolute atomic E-state index is 0.172. The van der Waals surface area contributed by atoms with E-state index >= 15 is 0 Å². The molecule has 3 atom stereocenters. The maximum Gasteiger partial charge on any atom is 0.326 e. The first-order valence-corrected chi connectivity index (χ1v) is 12.9. The number of amides is 2. The van der Waals surface area contributed by atoms with Gasteiger partial charge in [0, 0.05) is 10.8 Å². The number of carbonyl (C=O) groups excluding carboxylic acids is 3. The van der Waals surface area contributed by atoms with E-state index in [4.69, 9.17) is 9.47 Å². The van der Waals surface area contributed by atoms with Crippen molar-refractivity contribution in [2.45, 2.75) is 29.7 Å². The van der Waals surface area contributed by atoms with Gasteiger partial charge in [0.25, 0.3) is 0 Å². The summed E-state index contributed by atoms with van der Waals surface area (Å²) in [6, 6.07) is 12.3. The molecule has 0 spiro atoms. The molecule has 3 aromatic rings. The first kappa shape index (κ1) is 24.3. The summed E-state index contributed by atoms with van der Waals surface area (Å²) in [4.78, 5) is 53.8. The highest BCUT2D eigenvalue weighted by Gasteiger charge is 2.56. The van der Waals surface area contributed by atoms with Crippen LogP contribution in [0.4, 0.5) is 10.1 Å². The molecule has 1 aromatic heterocycles. The SMILES string of the molecule is CCOC(=O)Cn1c2c(sc1=O)C(c1ccc(OC)cc1)C1C(=O)N(c3ccc(F)cc3)C(=O)C1S2. The molecule has 3 unspecified atom stereocenters. The van der Waals surface area contributed by atoms with E-state index in [0.29, 0.717) is 15.7 Å². The van der Waals surface area contributed by atoms with E-state index < -0.39 is 40.7 Å². The third-order valence-corrected chi connectivity index (χ3v) is 8.81. The highest BCUT2D eigenvalue weighted by molar-refractivity contribution is 8.00. The van der Waals surface area contributed by atoms with E-state index in [9.17, 15) is 23.6 Å². The fourth-order valence-corrected chi connectivity index (χ4v) is 7.38. The molecule has 0 aliphatic carbocycles. The Kier molecular flexibility index (Phi) is 6.44. The molecule has 0 saturated carbocycles. The normalized spacial score (nSPS) is 20.8. The van der Waals surface area contributed by atoms with Crippen LogP contribution in [0.15, 0.2) is 58.4 Å². The van der Waals surface area contributed by atoms with Gasteiger partial charge in [0.1, 0.15) is 23.4 Å². The Hall–Kier alpha value is -3.44. The zero-order chi connectivity index (χ0) is 25.6. The minimum Gasteiger partial charge on any atom is -0.497 e. The van der Waals surface area contributed by atoms with Crippen molar-refractivity contribution >= 4 is 46.6 Å². The zero-order valence-electron chi connectivity index (χ0n) is 19.3. The summed E-state index contributed by atoms with van der Waals surface area (Å²) >= 11 is 2.07. The van der Waals surface area contributed by atoms with E-state index in [-0.39, 0.29) is 23.7 Å². The number of aromatic nitrogens is 1. The molecule has 0 radical (unpaired) electrons. The predicted molar refractivity (Wildman–Crippen MR) is 132 cm³/mol. The van der Waals surface area contributed by atoms with Crippen LogP contribution in [0.3, 0.4) is 0 Å². The number of fused-ring (bicyclic) bond motifs is 2. The van der Waals surface area contributed by atoms with Crippen molar-refractivity contribution in [3.8, 4) is 5.75 Å². The summed E-state index contributed by atoms with van der Waals surface area (Å²) in [5, 5.41) is -0.355. The fourth-order valence-electron chi connectivity index (χ4n) is 4.61. The Balaban J connectivity index is 1.63. The number of imide groups is 1. The molecule has 1 saturated heterocycles. The van der Waals surface area contributed by atoms with Gasteiger partial charge in [-0.1, -0.05) is 35.2 Å². The summed E-state index contributed by atoms with van der Waals surface area (Å²) in [5.74, 6) is -2.68. The van der Waals surface area contributed by atoms with E-state index in [1.165, 1.54) is 28.8 Å². The van der Waals surface area contributed by atoms with Crippen molar-refractivity contribution in [3.05, 3.63) is 74.5 Å². The smallest absolute Gasteiger partial charge is 0.326 e. The van der Waals surface area contributed by atoms with Crippen LogP contribution in [0.5, 0.6) is 5.75 Å². The molecule has 8 nitrogen and oxygen atoms in total. The Morgan fingerprint density at radius 2 is 1.72 bits per heavy atom. The number of thioether (sulfide) groups is 1. The number of halogens is 1. The molecule has 5 rings (SSSR count). The quantitative estimate of drug-likeness (QED) is 0.357. The van der Waals surface area contributed by atoms with Gasteiger partial charge in [-0.15, -0.1) is 0 Å². The van der Waals surface area contributed by atoms with Crippen molar-refractivity contribution in [2.75, 3.05) is 18.6 Å². The molecule has 2 aromatic carbocycles. The third-order valence-electron chi connectivity index (χ3n) is 6.20. The van der Waals surface area contributed by atoms with Gasteiger partial charge in [-0.05, 0) is 48.9 Å². The predicted octanol–water partition coefficient (Wildman–Crippen LogP) is 3.42. The third kappa shape index (κ3) is 4.01. The van der Waals surface area contributed by atoms with E-state index in [2.05, 4.69) is 0 Å². The molecule has 3 heterocycles. The van der Waals surface area contributed by atoms with Crippen molar-refractivity contribution in [1.29, 1.82) is 0 Å². The Morgan fingerprint density at radius 3 is 2.36 bits per heavy atom. The van der Waals surface area contributed by atoms with Gasteiger partial charge >= 0.3 is 10.8 Å². The number of ether oxygens (including phenoxy) is 2. The molecule has 11 heteroatoms. The van der Waals surface area contributed by atoms with Gasteiger partial charge in [-0.25, -0.2) is 9.29 Å². The Labute approximate surface area is 213 Å². The lowest BCUT2D eigenvalue weighted by Crippen LogP contribution is -2.32. The second-order valence-corrected chi connectivity index (χ2v) is 10.4. The number of thiazole rings is 1. The van der Waals surface area contributed by atoms with Crippen molar-refractivity contribution < 1.29 is 28.2 Å². The lowest BCUT2D eigenvalue weighted by molar-refractivity contribution is -0.144. The molecular formula is C25H21FN2O6S2. The lowest BCUT2D eigenvalue weighted by Gasteiger charge is -2.30. The van der Waals surface area contributed by atoms with Gasteiger partial charge in [0.05, 0.1) is 30.3 Å². The molecule has 0 bridgehead atoms. The largest absolute Gasteiger partial charge is 0.497 e. The number of hydrogen-bond donors (Lipinski definition) is 0. The van der Waals surface area contributed by atoms with Crippen molar-refractivity contribution in [1.82, 2.24) is 4.57 Å². The average molecular weight is 529 g/mol. The number of nitrogens with zero attached hydrogens (tertiary/aromatic N) is 2. The molecule has 0 N–H and O–H groups in total. The van der Waals surface area contributed by atoms with Gasteiger partial charge in [0.15, 0.2) is 0 Å². The monoisotopic (exact) mass is 528 g/mol. The Morgan fingerprint density at radius 1 is 1.03 bits per heavy atom. The Bertz CT molecular complexity index is 1400. The van der Waals surface area contributed by atoms with Crippen LogP contribution in [0.25, 0.3) is 0 Å². The molecule has 1 fully saturated rings. The maximum absolute atomic E-state index is 13.7. The minimum atomic E-state index is -0.829. The van der Waals surface area contributed by atoms with Crippen LogP contribution in [-0.4, -0.2) is 41.3 Å². The molecule has 2 amide bonds. The fraction of sp³-hybridized carbons (Fsp3) is 0.280. The molecule has 36 heavy (non-hydrogen) atoms. The first-order chi connectivity index (χ1) is 17.3. The number of carbonyl (C=O) groups is 3. The number of benzene rings is 2. The van der Waals surface area contributed by atoms with E-state index in [0.717, 1.165) is 33.6 Å². The second-order valence-electron chi connectivity index (χ2n) is 8.23. The summed E-state index contributed by atoms with van der Waals surface area (Å²) in [5.41, 5.74) is 1.01. The van der Waals surface area contributed by atoms with Gasteiger partial charge < -0.3 is 9.47 Å². The van der Waals surface area contributed by atoms with Gasteiger partial charge in [0.2, 0.25) is 11.8 Å². The molecular weight excluding hydrogens is 507 g/mol. The first-order valence-electron chi connectivity index (χ1n) is 11.2. The maximum atomic E-state index is 13.7. The summed E-state index contributed by atoms with van der Waals surface area (Å²) in [6.45, 7) is 1.56. The van der Waals surface area contributed by atoms with Crippen LogP contribution in [0, 0.1) is 11.7 Å². The zero-order valence-corrected chi connectivity index (χ0v) is 20.9. The van der Waals surface area contributed by atoms with Crippen molar-refractivity contribution in [2.24, 2.45) is 5.92 Å². The van der Waals surface area contributed by atoms with E-state index in [1.807, 2.05) is 0 Å². The van der Waals surface area contributed by atoms with E-state index in [1.54, 1.807) is 38.3 Å². The topological polar surface area (TPSA) is 94.9 Å². The standard InChI is InChI=1S/C25H21FN2O6S2/c1-3-34-17(29)12-27-24-21(36-25(27)32)18(13-4-10-16(33-2)11-5-13)19-20(35-24)23(31)28(22(19)30)15-8-6-14(26)7-9-15/h4-11,18-20H,3,12H2,1-2H3. The number of hydrogen-bond acceptors (Lipinski definition) is 8. The highest BCUT2D eigenvalue weighted by atomic mass is 32.2. The van der Waals surface area contributed by atoms with Crippen LogP contribution < -0.4 is 14.5 Å². The number of methoxy groups -OCH3 is 1.